The van der Waals surface area contributed by atoms with Crippen LogP contribution in [0.15, 0.2) is 22.7 Å². The van der Waals surface area contributed by atoms with Gasteiger partial charge in [-0.05, 0) is 31.9 Å². The molecule has 2 aromatic rings. The molecule has 0 saturated carbocycles. The molecule has 1 fully saturated rings. The number of hydrogen-bond donors (Lipinski definition) is 1. The first kappa shape index (κ1) is 14.9. The quantitative estimate of drug-likeness (QED) is 0.798. The van der Waals surface area contributed by atoms with Crippen LogP contribution in [0.4, 0.5) is 5.69 Å². The molecule has 21 heavy (non-hydrogen) atoms. The van der Waals surface area contributed by atoms with Gasteiger partial charge in [-0.3, -0.25) is 4.79 Å². The van der Waals surface area contributed by atoms with Crippen LogP contribution >= 0.6 is 27.3 Å². The molecule has 3 rings (SSSR count). The molecule has 1 unspecified atom stereocenters. The highest BCUT2D eigenvalue weighted by Gasteiger charge is 2.27. The van der Waals surface area contributed by atoms with Crippen molar-refractivity contribution < 1.29 is 4.79 Å². The van der Waals surface area contributed by atoms with Crippen LogP contribution in [0.5, 0.6) is 0 Å². The molecule has 1 aliphatic heterocycles. The van der Waals surface area contributed by atoms with Crippen molar-refractivity contribution in [1.29, 1.82) is 0 Å². The molecule has 1 aliphatic rings. The summed E-state index contributed by atoms with van der Waals surface area (Å²) in [4.78, 5) is 15.6. The minimum absolute atomic E-state index is 0.0926. The van der Waals surface area contributed by atoms with Crippen molar-refractivity contribution in [1.82, 2.24) is 4.90 Å². The number of carbonyl (C=O) groups is 1. The predicted octanol–water partition coefficient (Wildman–Crippen LogP) is 4.65. The van der Waals surface area contributed by atoms with Gasteiger partial charge in [0.1, 0.15) is 4.88 Å². The van der Waals surface area contributed by atoms with E-state index < -0.39 is 0 Å². The maximum Gasteiger partial charge on any atom is 0.266 e. The number of nitrogens with two attached hydrogens (primary N) is 1. The fourth-order valence-electron chi connectivity index (χ4n) is 3.00. The van der Waals surface area contributed by atoms with Crippen molar-refractivity contribution in [3.8, 4) is 0 Å². The first-order valence-electron chi connectivity index (χ1n) is 7.37. The molecular formula is C16H19BrN2OS. The van der Waals surface area contributed by atoms with Crippen LogP contribution in [-0.4, -0.2) is 23.4 Å². The molecule has 1 amide bonds. The smallest absolute Gasteiger partial charge is 0.266 e. The van der Waals surface area contributed by atoms with Crippen LogP contribution in [0.3, 0.4) is 0 Å². The average molecular weight is 367 g/mol. The molecular weight excluding hydrogens is 348 g/mol. The van der Waals surface area contributed by atoms with Gasteiger partial charge in [-0.2, -0.15) is 0 Å². The second-order valence-corrected chi connectivity index (χ2v) is 7.56. The second kappa shape index (κ2) is 5.97. The third-order valence-electron chi connectivity index (χ3n) is 4.21. The van der Waals surface area contributed by atoms with Crippen LogP contribution in [-0.2, 0) is 0 Å². The van der Waals surface area contributed by atoms with E-state index >= 15 is 0 Å². The topological polar surface area (TPSA) is 46.3 Å². The summed E-state index contributed by atoms with van der Waals surface area (Å²) in [7, 11) is 0. The Labute approximate surface area is 137 Å². The fourth-order valence-corrected chi connectivity index (χ4v) is 4.81. The van der Waals surface area contributed by atoms with Crippen molar-refractivity contribution in [2.45, 2.75) is 38.6 Å². The molecule has 1 aromatic heterocycles. The highest BCUT2D eigenvalue weighted by molar-refractivity contribution is 9.10. The molecule has 1 aromatic carbocycles. The number of rotatable bonds is 1. The van der Waals surface area contributed by atoms with Gasteiger partial charge in [-0.15, -0.1) is 11.3 Å². The number of nitrogen functional groups attached to an aromatic ring is 1. The van der Waals surface area contributed by atoms with Crippen molar-refractivity contribution in [3.63, 3.8) is 0 Å². The second-order valence-electron chi connectivity index (χ2n) is 5.65. The zero-order chi connectivity index (χ0) is 15.0. The van der Waals surface area contributed by atoms with E-state index in [1.807, 2.05) is 23.1 Å². The minimum Gasteiger partial charge on any atom is -0.397 e. The van der Waals surface area contributed by atoms with E-state index in [0.717, 1.165) is 33.9 Å². The average Bonchev–Trinajstić information content (AvgIpc) is 2.65. The summed E-state index contributed by atoms with van der Waals surface area (Å²) in [5.74, 6) is 0.0926. The van der Waals surface area contributed by atoms with Crippen molar-refractivity contribution >= 4 is 48.9 Å². The standard InChI is InChI=1S/C16H19BrN2OS/c1-10-6-3-2-4-9-19(10)16(20)15-14(18)13-11(17)7-5-8-12(13)21-15/h5,7-8,10H,2-4,6,9,18H2,1H3. The summed E-state index contributed by atoms with van der Waals surface area (Å²) < 4.78 is 2.02. The lowest BCUT2D eigenvalue weighted by molar-refractivity contribution is 0.0704. The Morgan fingerprint density at radius 1 is 1.38 bits per heavy atom. The van der Waals surface area contributed by atoms with E-state index in [-0.39, 0.29) is 5.91 Å². The zero-order valence-corrected chi connectivity index (χ0v) is 14.5. The van der Waals surface area contributed by atoms with Gasteiger partial charge in [0.15, 0.2) is 0 Å². The van der Waals surface area contributed by atoms with Gasteiger partial charge in [0.2, 0.25) is 0 Å². The molecule has 1 saturated heterocycles. The highest BCUT2D eigenvalue weighted by Crippen LogP contribution is 2.39. The molecule has 0 aliphatic carbocycles. The molecule has 5 heteroatoms. The Morgan fingerprint density at radius 3 is 2.95 bits per heavy atom. The summed E-state index contributed by atoms with van der Waals surface area (Å²) in [6, 6.07) is 6.26. The molecule has 2 N–H and O–H groups in total. The third-order valence-corrected chi connectivity index (χ3v) is 6.03. The SMILES string of the molecule is CC1CCCCCN1C(=O)c1sc2cccc(Br)c2c1N. The van der Waals surface area contributed by atoms with E-state index in [1.165, 1.54) is 24.2 Å². The number of hydrogen-bond acceptors (Lipinski definition) is 3. The maximum absolute atomic E-state index is 12.9. The number of nitrogens with zero attached hydrogens (tertiary/aromatic N) is 1. The van der Waals surface area contributed by atoms with Crippen molar-refractivity contribution in [2.75, 3.05) is 12.3 Å². The van der Waals surface area contributed by atoms with Gasteiger partial charge < -0.3 is 10.6 Å². The Kier molecular flexibility index (Phi) is 4.22. The van der Waals surface area contributed by atoms with E-state index in [1.54, 1.807) is 0 Å². The molecule has 2 heterocycles. The summed E-state index contributed by atoms with van der Waals surface area (Å²) in [5, 5.41) is 0.966. The number of halogens is 1. The largest absolute Gasteiger partial charge is 0.397 e. The van der Waals surface area contributed by atoms with Gasteiger partial charge >= 0.3 is 0 Å². The fraction of sp³-hybridized carbons (Fsp3) is 0.438. The van der Waals surface area contributed by atoms with Crippen LogP contribution in [0, 0.1) is 0 Å². The lowest BCUT2D eigenvalue weighted by Gasteiger charge is -2.26. The van der Waals surface area contributed by atoms with Crippen LogP contribution in [0.1, 0.15) is 42.3 Å². The van der Waals surface area contributed by atoms with Gasteiger partial charge in [0, 0.05) is 27.1 Å². The highest BCUT2D eigenvalue weighted by atomic mass is 79.9. The zero-order valence-electron chi connectivity index (χ0n) is 12.1. The molecule has 0 bridgehead atoms. The summed E-state index contributed by atoms with van der Waals surface area (Å²) in [5.41, 5.74) is 6.88. The molecule has 0 radical (unpaired) electrons. The van der Waals surface area contributed by atoms with Gasteiger partial charge in [0.25, 0.3) is 5.91 Å². The Morgan fingerprint density at radius 2 is 2.19 bits per heavy atom. The summed E-state index contributed by atoms with van der Waals surface area (Å²) in [6.45, 7) is 2.98. The monoisotopic (exact) mass is 366 g/mol. The normalized spacial score (nSPS) is 19.7. The Bertz CT molecular complexity index is 682. The van der Waals surface area contributed by atoms with Gasteiger partial charge in [-0.1, -0.05) is 34.8 Å². The third kappa shape index (κ3) is 2.69. The molecule has 0 spiro atoms. The summed E-state index contributed by atoms with van der Waals surface area (Å²) >= 11 is 5.03. The molecule has 3 nitrogen and oxygen atoms in total. The van der Waals surface area contributed by atoms with Gasteiger partial charge in [-0.25, -0.2) is 0 Å². The Hall–Kier alpha value is -1.07. The van der Waals surface area contributed by atoms with Crippen molar-refractivity contribution in [3.05, 3.63) is 27.5 Å². The first-order chi connectivity index (χ1) is 10.1. The lowest BCUT2D eigenvalue weighted by Crippen LogP contribution is -2.38. The van der Waals surface area contributed by atoms with E-state index in [2.05, 4.69) is 22.9 Å². The molecule has 1 atom stereocenters. The molecule has 112 valence electrons. The number of thiophene rings is 1. The first-order valence-corrected chi connectivity index (χ1v) is 8.98. The summed E-state index contributed by atoms with van der Waals surface area (Å²) in [6.07, 6.45) is 4.59. The number of fused-ring (bicyclic) bond motifs is 1. The van der Waals surface area contributed by atoms with Crippen LogP contribution in [0.25, 0.3) is 10.1 Å². The van der Waals surface area contributed by atoms with Crippen LogP contribution in [0.2, 0.25) is 0 Å². The number of carbonyl (C=O) groups excluding carboxylic acids is 1. The van der Waals surface area contributed by atoms with E-state index in [4.69, 9.17) is 5.73 Å². The minimum atomic E-state index is 0.0926. The predicted molar refractivity (Wildman–Crippen MR) is 92.9 cm³/mol. The van der Waals surface area contributed by atoms with E-state index in [9.17, 15) is 4.79 Å². The van der Waals surface area contributed by atoms with Gasteiger partial charge in [0.05, 0.1) is 5.69 Å². The number of likely N-dealkylation sites (tertiary alicyclic amines) is 1. The number of amides is 1. The Balaban J connectivity index is 2.01. The van der Waals surface area contributed by atoms with E-state index in [0.29, 0.717) is 16.6 Å². The number of anilines is 1. The van der Waals surface area contributed by atoms with Crippen molar-refractivity contribution in [2.24, 2.45) is 0 Å². The van der Waals surface area contributed by atoms with Crippen LogP contribution < -0.4 is 5.73 Å². The maximum atomic E-state index is 12.9. The number of benzene rings is 1. The lowest BCUT2D eigenvalue weighted by atomic mass is 10.1.